The van der Waals surface area contributed by atoms with Crippen molar-refractivity contribution >= 4 is 6.03 Å². The van der Waals surface area contributed by atoms with Gasteiger partial charge in [0.05, 0.1) is 0 Å². The van der Waals surface area contributed by atoms with E-state index in [1.807, 2.05) is 0 Å². The average Bonchev–Trinajstić information content (AvgIpc) is 3.06. The minimum Gasteiger partial charge on any atom is -0.338 e. The van der Waals surface area contributed by atoms with E-state index in [2.05, 4.69) is 22.8 Å². The van der Waals surface area contributed by atoms with Crippen molar-refractivity contribution in [1.29, 1.82) is 0 Å². The Morgan fingerprint density at radius 3 is 2.18 bits per heavy atom. The smallest absolute Gasteiger partial charge is 0.315 e. The van der Waals surface area contributed by atoms with Gasteiger partial charge in [0, 0.05) is 12.6 Å². The molecule has 0 heterocycles. The van der Waals surface area contributed by atoms with E-state index >= 15 is 0 Å². The zero-order chi connectivity index (χ0) is 14.7. The first-order valence-electron chi connectivity index (χ1n) is 9.40. The number of amides is 2. The van der Waals surface area contributed by atoms with E-state index in [0.717, 1.165) is 36.6 Å². The highest BCUT2D eigenvalue weighted by Gasteiger charge is 2.50. The van der Waals surface area contributed by atoms with Crippen LogP contribution >= 0.6 is 0 Å². The minimum atomic E-state index is 0.0849. The number of rotatable bonds is 3. The Hall–Kier alpha value is -0.990. The average molecular weight is 300 g/mol. The van der Waals surface area contributed by atoms with E-state index in [0.29, 0.717) is 17.4 Å². The van der Waals surface area contributed by atoms with Gasteiger partial charge in [0.1, 0.15) is 0 Å². The first-order chi connectivity index (χ1) is 10.7. The second-order valence-corrected chi connectivity index (χ2v) is 9.13. The number of allylic oxidation sites excluding steroid dienone is 1. The first kappa shape index (κ1) is 13.4. The monoisotopic (exact) mass is 300 g/mol. The summed E-state index contributed by atoms with van der Waals surface area (Å²) in [6.45, 7) is 0.916. The largest absolute Gasteiger partial charge is 0.338 e. The Balaban J connectivity index is 1.17. The van der Waals surface area contributed by atoms with Gasteiger partial charge in [-0.2, -0.15) is 0 Å². The van der Waals surface area contributed by atoms with E-state index in [1.54, 1.807) is 0 Å². The van der Waals surface area contributed by atoms with Crippen LogP contribution in [-0.2, 0) is 0 Å². The van der Waals surface area contributed by atoms with Crippen LogP contribution in [-0.4, -0.2) is 18.6 Å². The lowest BCUT2D eigenvalue weighted by Gasteiger charge is -2.56. The number of carbonyl (C=O) groups is 1. The zero-order valence-electron chi connectivity index (χ0n) is 13.4. The maximum atomic E-state index is 12.3. The fraction of sp³-hybridized carbons (Fsp3) is 0.842. The number of carbonyl (C=O) groups excluding carboxylic acids is 1. The van der Waals surface area contributed by atoms with Crippen molar-refractivity contribution in [1.82, 2.24) is 10.6 Å². The maximum Gasteiger partial charge on any atom is 0.315 e. The molecule has 3 heteroatoms. The Morgan fingerprint density at radius 2 is 1.64 bits per heavy atom. The summed E-state index contributed by atoms with van der Waals surface area (Å²) < 4.78 is 0. The summed E-state index contributed by atoms with van der Waals surface area (Å²) in [7, 11) is 0. The number of urea groups is 1. The van der Waals surface area contributed by atoms with Gasteiger partial charge in [0.2, 0.25) is 0 Å². The quantitative estimate of drug-likeness (QED) is 0.770. The van der Waals surface area contributed by atoms with Crippen molar-refractivity contribution in [3.63, 3.8) is 0 Å². The molecule has 0 aromatic carbocycles. The molecule has 5 saturated carbocycles. The molecule has 0 aliphatic heterocycles. The predicted octanol–water partition coefficient (Wildman–Crippen LogP) is 3.47. The summed E-state index contributed by atoms with van der Waals surface area (Å²) in [4.78, 5) is 12.3. The minimum absolute atomic E-state index is 0.0849. The van der Waals surface area contributed by atoms with Crippen molar-refractivity contribution in [2.24, 2.45) is 35.0 Å². The second-order valence-electron chi connectivity index (χ2n) is 9.13. The summed E-state index contributed by atoms with van der Waals surface area (Å²) >= 11 is 0. The van der Waals surface area contributed by atoms with Gasteiger partial charge in [0.25, 0.3) is 0 Å². The highest BCUT2D eigenvalue weighted by atomic mass is 16.2. The molecule has 0 radical (unpaired) electrons. The van der Waals surface area contributed by atoms with Crippen LogP contribution in [0.4, 0.5) is 4.79 Å². The zero-order valence-corrected chi connectivity index (χ0v) is 13.4. The summed E-state index contributed by atoms with van der Waals surface area (Å²) in [6, 6.07) is 0.466. The Kier molecular flexibility index (Phi) is 2.90. The molecule has 3 nitrogen and oxygen atoms in total. The lowest BCUT2D eigenvalue weighted by atomic mass is 9.49. The second kappa shape index (κ2) is 4.75. The Labute approximate surface area is 133 Å². The van der Waals surface area contributed by atoms with Crippen molar-refractivity contribution < 1.29 is 4.79 Å². The molecule has 2 N–H and O–H groups in total. The molecule has 6 aliphatic rings. The van der Waals surface area contributed by atoms with Crippen LogP contribution in [0.5, 0.6) is 0 Å². The van der Waals surface area contributed by atoms with Gasteiger partial charge in [0.15, 0.2) is 0 Å². The van der Waals surface area contributed by atoms with Gasteiger partial charge < -0.3 is 10.6 Å². The third-order valence-corrected chi connectivity index (χ3v) is 7.38. The van der Waals surface area contributed by atoms with Gasteiger partial charge in [-0.15, -0.1) is 0 Å². The molecule has 22 heavy (non-hydrogen) atoms. The summed E-state index contributed by atoms with van der Waals surface area (Å²) in [5, 5.41) is 6.49. The van der Waals surface area contributed by atoms with Crippen molar-refractivity contribution in [3.8, 4) is 0 Å². The molecule has 6 rings (SSSR count). The van der Waals surface area contributed by atoms with Gasteiger partial charge in [-0.3, -0.25) is 0 Å². The van der Waals surface area contributed by atoms with Crippen molar-refractivity contribution in [3.05, 3.63) is 12.2 Å². The molecule has 6 bridgehead atoms. The van der Waals surface area contributed by atoms with Gasteiger partial charge in [-0.05, 0) is 86.4 Å². The van der Waals surface area contributed by atoms with E-state index in [4.69, 9.17) is 0 Å². The molecule has 0 aromatic rings. The van der Waals surface area contributed by atoms with Crippen LogP contribution in [0.2, 0.25) is 0 Å². The molecule has 0 spiro atoms. The Bertz CT molecular complexity index is 476. The van der Waals surface area contributed by atoms with E-state index in [9.17, 15) is 4.79 Å². The van der Waals surface area contributed by atoms with Crippen LogP contribution in [0.25, 0.3) is 0 Å². The molecule has 0 saturated heterocycles. The Morgan fingerprint density at radius 1 is 0.955 bits per heavy atom. The number of hydrogen-bond donors (Lipinski definition) is 2. The predicted molar refractivity (Wildman–Crippen MR) is 86.3 cm³/mol. The number of fused-ring (bicyclic) bond motifs is 2. The molecule has 5 fully saturated rings. The van der Waals surface area contributed by atoms with E-state index in [1.165, 1.54) is 44.9 Å². The topological polar surface area (TPSA) is 41.1 Å². The lowest BCUT2D eigenvalue weighted by Crippen LogP contribution is -2.53. The summed E-state index contributed by atoms with van der Waals surface area (Å²) in [5.74, 6) is 4.21. The molecule has 120 valence electrons. The van der Waals surface area contributed by atoms with Crippen LogP contribution in [0.15, 0.2) is 12.2 Å². The third-order valence-electron chi connectivity index (χ3n) is 7.38. The van der Waals surface area contributed by atoms with Gasteiger partial charge in [-0.25, -0.2) is 4.79 Å². The lowest BCUT2D eigenvalue weighted by molar-refractivity contribution is -0.0498. The highest BCUT2D eigenvalue weighted by molar-refractivity contribution is 5.74. The van der Waals surface area contributed by atoms with Gasteiger partial charge >= 0.3 is 6.03 Å². The molecule has 3 unspecified atom stereocenters. The SMILES string of the molecule is O=C(NCC12CC3CC(CC(C3)C1)C2)NC1CC2C=CC1C2. The highest BCUT2D eigenvalue weighted by Crippen LogP contribution is 2.59. The summed E-state index contributed by atoms with van der Waals surface area (Å²) in [5.41, 5.74) is 0.445. The fourth-order valence-corrected chi connectivity index (χ4v) is 6.94. The van der Waals surface area contributed by atoms with Gasteiger partial charge in [-0.1, -0.05) is 12.2 Å². The number of hydrogen-bond acceptors (Lipinski definition) is 1. The van der Waals surface area contributed by atoms with E-state index < -0.39 is 0 Å². The van der Waals surface area contributed by atoms with Crippen LogP contribution in [0.3, 0.4) is 0 Å². The molecule has 2 amide bonds. The summed E-state index contributed by atoms with van der Waals surface area (Å²) in [6.07, 6.45) is 15.6. The van der Waals surface area contributed by atoms with E-state index in [-0.39, 0.29) is 6.03 Å². The maximum absolute atomic E-state index is 12.3. The first-order valence-corrected chi connectivity index (χ1v) is 9.40. The standard InChI is InChI=1S/C19H28N2O/c22-18(21-17-7-12-1-2-16(17)6-12)20-11-19-8-13-3-14(9-19)5-15(4-13)10-19/h1-2,12-17H,3-11H2,(H2,20,21,22). The normalized spacial score (nSPS) is 50.5. The molecule has 0 aromatic heterocycles. The van der Waals surface area contributed by atoms with Crippen LogP contribution in [0.1, 0.15) is 51.4 Å². The number of nitrogens with one attached hydrogen (secondary N) is 2. The molecular formula is C19H28N2O. The molecular weight excluding hydrogens is 272 g/mol. The third kappa shape index (κ3) is 2.19. The van der Waals surface area contributed by atoms with Crippen molar-refractivity contribution in [2.75, 3.05) is 6.54 Å². The molecule has 3 atom stereocenters. The molecule has 6 aliphatic carbocycles. The fourth-order valence-electron chi connectivity index (χ4n) is 6.94. The van der Waals surface area contributed by atoms with Crippen molar-refractivity contribution in [2.45, 2.75) is 57.4 Å². The van der Waals surface area contributed by atoms with Crippen LogP contribution < -0.4 is 10.6 Å². The van der Waals surface area contributed by atoms with Crippen LogP contribution in [0, 0.1) is 35.0 Å².